The van der Waals surface area contributed by atoms with E-state index < -0.39 is 45.3 Å². The van der Waals surface area contributed by atoms with Gasteiger partial charge in [-0.2, -0.15) is 19.0 Å². The van der Waals surface area contributed by atoms with Gasteiger partial charge in [-0.1, -0.05) is 12.1 Å². The van der Waals surface area contributed by atoms with E-state index in [2.05, 4.69) is 39.8 Å². The number of azo groups is 2. The summed E-state index contributed by atoms with van der Waals surface area (Å²) in [6.45, 7) is 5.95. The Bertz CT molecular complexity index is 2490. The van der Waals surface area contributed by atoms with Gasteiger partial charge in [0.05, 0.1) is 20.9 Å². The number of nitrogens with one attached hydrogen (secondary N) is 2. The molecule has 56 heavy (non-hydrogen) atoms. The third-order valence-electron chi connectivity index (χ3n) is 8.40. The van der Waals surface area contributed by atoms with E-state index in [9.17, 15) is 39.4 Å². The van der Waals surface area contributed by atoms with Gasteiger partial charge >= 0.3 is 0 Å². The predicted molar refractivity (Wildman–Crippen MR) is 209 cm³/mol. The molecule has 20 heteroatoms. The molecule has 0 aliphatic carbocycles. The minimum absolute atomic E-state index is 0.161. The summed E-state index contributed by atoms with van der Waals surface area (Å²) in [5.74, 6) is -2.58. The fourth-order valence-corrected chi connectivity index (χ4v) is 6.81. The molecule has 6 aromatic rings. The van der Waals surface area contributed by atoms with Crippen LogP contribution in [0.15, 0.2) is 93.3 Å². The number of carbonyl (C=O) groups excluding carboxylic acids is 4. The summed E-state index contributed by atoms with van der Waals surface area (Å²) in [6, 6.07) is 15.7. The van der Waals surface area contributed by atoms with Crippen LogP contribution in [-0.4, -0.2) is 54.1 Å². The second-order valence-corrected chi connectivity index (χ2v) is 13.9. The zero-order chi connectivity index (χ0) is 40.3. The Labute approximate surface area is 324 Å². The Kier molecular flexibility index (Phi) is 11.1. The van der Waals surface area contributed by atoms with Gasteiger partial charge in [-0.3, -0.25) is 39.4 Å². The molecule has 6 rings (SSSR count). The van der Waals surface area contributed by atoms with Gasteiger partial charge in [0.2, 0.25) is 12.1 Å². The Morgan fingerprint density at radius 3 is 1.36 bits per heavy atom. The van der Waals surface area contributed by atoms with Crippen molar-refractivity contribution < 1.29 is 29.0 Å². The van der Waals surface area contributed by atoms with E-state index in [1.807, 2.05) is 12.1 Å². The van der Waals surface area contributed by atoms with Crippen LogP contribution in [0.25, 0.3) is 32.9 Å². The topological polar surface area (TPSA) is 254 Å². The lowest BCUT2D eigenvalue weighted by Crippen LogP contribution is -2.32. The number of benzene rings is 4. The first-order valence-electron chi connectivity index (χ1n) is 16.4. The molecule has 2 N–H and O–H groups in total. The monoisotopic (exact) mass is 792 g/mol. The Morgan fingerprint density at radius 2 is 1.02 bits per heavy atom. The first-order valence-corrected chi connectivity index (χ1v) is 18.0. The smallest absolute Gasteiger partial charge is 0.270 e. The van der Waals surface area contributed by atoms with Crippen LogP contribution in [0.3, 0.4) is 0 Å². The standard InChI is InChI=1S/C36H28N10O8S2/c1-17-13-21(5-9-27(17)37-33(49)31(19(3)47)39-41-35-25-15-23(45(51)52)7-11-29(25)43-55-35)22-6-10-28(18(2)14-22)38-34(50)32(20(4)48)40-42-36-26-16-24(46(53)54)8-12-30(26)44-56-36/h5-16,31-32H,1-4H3,(H,37,49)(H,38,50). The fraction of sp³-hybridized carbons (Fsp3) is 0.167. The van der Waals surface area contributed by atoms with Crippen LogP contribution in [0, 0.1) is 34.1 Å². The van der Waals surface area contributed by atoms with E-state index in [1.54, 1.807) is 38.1 Å². The predicted octanol–water partition coefficient (Wildman–Crippen LogP) is 8.37. The molecule has 282 valence electrons. The van der Waals surface area contributed by atoms with Crippen molar-refractivity contribution in [2.45, 2.75) is 39.8 Å². The number of ketones is 2. The quantitative estimate of drug-likeness (QED) is 0.0489. The number of fused-ring (bicyclic) bond motifs is 2. The lowest BCUT2D eigenvalue weighted by molar-refractivity contribution is -0.384. The fourth-order valence-electron chi connectivity index (χ4n) is 5.43. The van der Waals surface area contributed by atoms with Gasteiger partial charge in [0, 0.05) is 46.4 Å². The molecule has 0 saturated carbocycles. The zero-order valence-electron chi connectivity index (χ0n) is 29.7. The summed E-state index contributed by atoms with van der Waals surface area (Å²) in [6.07, 6.45) is 0. The highest BCUT2D eigenvalue weighted by Gasteiger charge is 2.26. The van der Waals surface area contributed by atoms with Crippen molar-refractivity contribution in [3.8, 4) is 11.1 Å². The molecule has 0 radical (unpaired) electrons. The maximum atomic E-state index is 13.2. The molecular formula is C36H28N10O8S2. The molecule has 2 aromatic heterocycles. The summed E-state index contributed by atoms with van der Waals surface area (Å²) in [5, 5.41) is 45.1. The van der Waals surface area contributed by atoms with Gasteiger partial charge in [0.15, 0.2) is 21.6 Å². The largest absolute Gasteiger partial charge is 0.324 e. The number of hydrogen-bond donors (Lipinski definition) is 2. The normalized spacial score (nSPS) is 12.6. The number of nitrogens with zero attached hydrogens (tertiary/aromatic N) is 8. The van der Waals surface area contributed by atoms with Crippen LogP contribution in [0.4, 0.5) is 32.8 Å². The number of aryl methyl sites for hydroxylation is 2. The number of rotatable bonds is 13. The molecule has 2 heterocycles. The highest BCUT2D eigenvalue weighted by molar-refractivity contribution is 7.11. The van der Waals surface area contributed by atoms with Gasteiger partial charge in [-0.15, -0.1) is 10.2 Å². The van der Waals surface area contributed by atoms with E-state index in [0.717, 1.165) is 34.2 Å². The number of Topliss-reactive ketones (excluding diaryl/α,β-unsaturated/α-hetero) is 2. The molecular weight excluding hydrogens is 765 g/mol. The summed E-state index contributed by atoms with van der Waals surface area (Å²) >= 11 is 1.86. The summed E-state index contributed by atoms with van der Waals surface area (Å²) in [5.41, 5.74) is 4.35. The number of nitro groups is 2. The Balaban J connectivity index is 1.13. The van der Waals surface area contributed by atoms with Gasteiger partial charge in [-0.25, -0.2) is 0 Å². The van der Waals surface area contributed by atoms with Crippen LogP contribution in [0.5, 0.6) is 0 Å². The van der Waals surface area contributed by atoms with E-state index in [4.69, 9.17) is 0 Å². The summed E-state index contributed by atoms with van der Waals surface area (Å²) < 4.78 is 8.38. The van der Waals surface area contributed by atoms with Crippen molar-refractivity contribution in [1.29, 1.82) is 0 Å². The maximum Gasteiger partial charge on any atom is 0.270 e. The molecule has 0 bridgehead atoms. The van der Waals surface area contributed by atoms with E-state index in [-0.39, 0.29) is 21.4 Å². The average Bonchev–Trinajstić information content (AvgIpc) is 3.76. The van der Waals surface area contributed by atoms with E-state index in [0.29, 0.717) is 44.3 Å². The Morgan fingerprint density at radius 1 is 0.625 bits per heavy atom. The number of nitro benzene ring substituents is 2. The molecule has 0 spiro atoms. The molecule has 2 atom stereocenters. The van der Waals surface area contributed by atoms with Crippen molar-refractivity contribution in [1.82, 2.24) is 8.75 Å². The minimum Gasteiger partial charge on any atom is -0.324 e. The molecule has 0 aliphatic rings. The second-order valence-electron chi connectivity index (χ2n) is 12.4. The third kappa shape index (κ3) is 8.35. The minimum atomic E-state index is -1.49. The van der Waals surface area contributed by atoms with E-state index >= 15 is 0 Å². The average molecular weight is 793 g/mol. The molecule has 0 saturated heterocycles. The van der Waals surface area contributed by atoms with Gasteiger partial charge in [0.1, 0.15) is 0 Å². The molecule has 2 amide bonds. The molecule has 0 aliphatic heterocycles. The highest BCUT2D eigenvalue weighted by Crippen LogP contribution is 2.35. The number of amides is 2. The van der Waals surface area contributed by atoms with Crippen LogP contribution < -0.4 is 10.6 Å². The molecule has 0 fully saturated rings. The van der Waals surface area contributed by atoms with Gasteiger partial charge < -0.3 is 10.6 Å². The zero-order valence-corrected chi connectivity index (χ0v) is 31.4. The van der Waals surface area contributed by atoms with Crippen LogP contribution in [0.1, 0.15) is 25.0 Å². The second kappa shape index (κ2) is 16.1. The van der Waals surface area contributed by atoms with Crippen LogP contribution in [-0.2, 0) is 19.2 Å². The van der Waals surface area contributed by atoms with Crippen molar-refractivity contribution in [2.24, 2.45) is 20.5 Å². The first-order chi connectivity index (χ1) is 26.7. The van der Waals surface area contributed by atoms with E-state index in [1.165, 1.54) is 50.2 Å². The van der Waals surface area contributed by atoms with Gasteiger partial charge in [-0.05, 0) is 109 Å². The maximum absolute atomic E-state index is 13.2. The van der Waals surface area contributed by atoms with Crippen molar-refractivity contribution >= 4 is 101 Å². The number of aromatic nitrogens is 2. The highest BCUT2D eigenvalue weighted by atomic mass is 32.1. The number of carbonyl (C=O) groups is 4. The Hall–Kier alpha value is -7.06. The summed E-state index contributed by atoms with van der Waals surface area (Å²) in [4.78, 5) is 72.6. The van der Waals surface area contributed by atoms with Crippen LogP contribution in [0.2, 0.25) is 0 Å². The number of anilines is 2. The molecule has 2 unspecified atom stereocenters. The van der Waals surface area contributed by atoms with Gasteiger partial charge in [0.25, 0.3) is 23.2 Å². The third-order valence-corrected chi connectivity index (χ3v) is 9.93. The number of hydrogen-bond acceptors (Lipinski definition) is 16. The van der Waals surface area contributed by atoms with Crippen molar-refractivity contribution in [2.75, 3.05) is 10.6 Å². The van der Waals surface area contributed by atoms with Crippen molar-refractivity contribution in [3.05, 3.63) is 104 Å². The molecule has 18 nitrogen and oxygen atoms in total. The summed E-state index contributed by atoms with van der Waals surface area (Å²) in [7, 11) is 0. The van der Waals surface area contributed by atoms with Crippen LogP contribution >= 0.6 is 23.1 Å². The van der Waals surface area contributed by atoms with Crippen molar-refractivity contribution in [3.63, 3.8) is 0 Å². The number of non-ortho nitro benzene ring substituents is 2. The SMILES string of the molecule is CC(=O)C(N=Nc1snc2ccc([N+](=O)[O-])cc12)C(=O)Nc1ccc(-c2ccc(NC(=O)C(N=Nc3snc4ccc([N+](=O)[O-])cc34)C(C)=O)c(C)c2)cc1C. The first kappa shape index (κ1) is 38.7. The lowest BCUT2D eigenvalue weighted by atomic mass is 9.99. The lowest BCUT2D eigenvalue weighted by Gasteiger charge is -2.15. The molecule has 4 aromatic carbocycles.